The lowest BCUT2D eigenvalue weighted by molar-refractivity contribution is -0.438. The smallest absolute Gasteiger partial charge is 0.256 e. The highest BCUT2D eigenvalue weighted by atomic mass is 35.5. The lowest BCUT2D eigenvalue weighted by atomic mass is 9.81. The summed E-state index contributed by atoms with van der Waals surface area (Å²) in [6.07, 6.45) is 10.1. The number of para-hydroxylation sites is 2. The van der Waals surface area contributed by atoms with Crippen molar-refractivity contribution >= 4 is 25.6 Å². The van der Waals surface area contributed by atoms with Crippen LogP contribution in [0.1, 0.15) is 71.9 Å². The zero-order valence-electron chi connectivity index (χ0n) is 26.4. The van der Waals surface area contributed by atoms with Crippen LogP contribution in [0, 0.1) is 17.2 Å². The van der Waals surface area contributed by atoms with Crippen molar-refractivity contribution in [3.63, 3.8) is 0 Å². The molecule has 3 aliphatic heterocycles. The maximum absolute atomic E-state index is 9.24. The number of hydrogen-bond donors (Lipinski definition) is 1. The molecule has 3 atom stereocenters. The van der Waals surface area contributed by atoms with Crippen molar-refractivity contribution < 1.29 is 26.0 Å². The molecule has 0 bridgehead atoms. The first-order valence-electron chi connectivity index (χ1n) is 15.4. The van der Waals surface area contributed by atoms with Crippen molar-refractivity contribution in [1.29, 1.82) is 5.26 Å². The number of nitriles is 1. The molecule has 1 N–H and O–H groups in total. The Balaban J connectivity index is 0.00000423. The minimum Gasteiger partial charge on any atom is -1.00 e. The summed E-state index contributed by atoms with van der Waals surface area (Å²) in [4.78, 5) is 2.53. The lowest BCUT2D eigenvalue weighted by Crippen LogP contribution is -3.00. The fraction of sp³-hybridized carbons (Fsp3) is 0.486. The second-order valence-corrected chi connectivity index (χ2v) is 13.9. The SMILES string of the molecule is CCCCN1C(=CC=CC2=[N+](CCCOP3NC(C)C(C#N)CO3)c3ccccc3C2(C)C)C(C)(C)c2ccccc21.[Cl-]. The fourth-order valence-electron chi connectivity index (χ4n) is 6.49. The summed E-state index contributed by atoms with van der Waals surface area (Å²) in [5.41, 5.74) is 7.88. The molecule has 1 fully saturated rings. The van der Waals surface area contributed by atoms with Gasteiger partial charge in [0.1, 0.15) is 0 Å². The third-order valence-corrected chi connectivity index (χ3v) is 10.4. The monoisotopic (exact) mass is 620 g/mol. The minimum atomic E-state index is -1.16. The van der Waals surface area contributed by atoms with Gasteiger partial charge in [-0.15, -0.1) is 0 Å². The van der Waals surface area contributed by atoms with Crippen LogP contribution in [0.25, 0.3) is 0 Å². The van der Waals surface area contributed by atoms with Gasteiger partial charge in [-0.25, -0.2) is 5.09 Å². The van der Waals surface area contributed by atoms with Crippen molar-refractivity contribution in [3.8, 4) is 6.07 Å². The van der Waals surface area contributed by atoms with E-state index in [-0.39, 0.29) is 35.2 Å². The van der Waals surface area contributed by atoms with Crippen molar-refractivity contribution in [3.05, 3.63) is 83.6 Å². The van der Waals surface area contributed by atoms with Gasteiger partial charge in [0.05, 0.1) is 30.6 Å². The van der Waals surface area contributed by atoms with Gasteiger partial charge in [0, 0.05) is 53.5 Å². The molecule has 0 radical (unpaired) electrons. The standard InChI is InChI=1S/C35H46N4O2P.ClH/c1-7-8-21-38-30-17-11-9-15-28(30)34(3,4)32(38)19-13-20-33-35(5,6)29-16-10-12-18-31(29)39(33)22-14-23-40-42-37-26(2)27(24-36)25-41-42;/h9-13,15-20,26-27,37H,7-8,14,21-23,25H2,1-6H3;1H/q+1;/p-1. The molecular weight excluding hydrogens is 575 g/mol. The van der Waals surface area contributed by atoms with Gasteiger partial charge in [-0.05, 0) is 44.9 Å². The molecule has 0 aromatic heterocycles. The van der Waals surface area contributed by atoms with E-state index >= 15 is 0 Å². The highest BCUT2D eigenvalue weighted by Crippen LogP contribution is 2.48. The second-order valence-electron chi connectivity index (χ2n) is 12.6. The van der Waals surface area contributed by atoms with Crippen LogP contribution in [0.5, 0.6) is 0 Å². The Kier molecular flexibility index (Phi) is 10.9. The summed E-state index contributed by atoms with van der Waals surface area (Å²) in [6, 6.07) is 20.0. The van der Waals surface area contributed by atoms with E-state index in [0.717, 1.165) is 19.5 Å². The molecule has 230 valence electrons. The first-order valence-corrected chi connectivity index (χ1v) is 16.6. The fourth-order valence-corrected chi connectivity index (χ4v) is 7.82. The average molecular weight is 621 g/mol. The summed E-state index contributed by atoms with van der Waals surface area (Å²) in [5.74, 6) is -0.128. The number of unbranched alkanes of at least 4 members (excludes halogenated alkanes) is 1. The number of rotatable bonds is 10. The third kappa shape index (κ3) is 6.63. The highest BCUT2D eigenvalue weighted by molar-refractivity contribution is 7.45. The summed E-state index contributed by atoms with van der Waals surface area (Å²) < 4.78 is 14.3. The Bertz CT molecular complexity index is 1430. The predicted molar refractivity (Wildman–Crippen MR) is 173 cm³/mol. The number of nitrogens with one attached hydrogen (secondary N) is 1. The predicted octanol–water partition coefficient (Wildman–Crippen LogP) is 4.89. The molecule has 6 nitrogen and oxygen atoms in total. The number of nitrogens with zero attached hydrogens (tertiary/aromatic N) is 3. The van der Waals surface area contributed by atoms with Gasteiger partial charge in [0.25, 0.3) is 8.53 Å². The van der Waals surface area contributed by atoms with E-state index in [9.17, 15) is 5.26 Å². The Morgan fingerprint density at radius 2 is 1.81 bits per heavy atom. The van der Waals surface area contributed by atoms with E-state index in [1.54, 1.807) is 0 Å². The highest BCUT2D eigenvalue weighted by Gasteiger charge is 2.44. The molecule has 0 amide bonds. The molecule has 8 heteroatoms. The lowest BCUT2D eigenvalue weighted by Gasteiger charge is -2.30. The van der Waals surface area contributed by atoms with Gasteiger partial charge < -0.3 is 26.4 Å². The van der Waals surface area contributed by atoms with Gasteiger partial charge in [-0.2, -0.15) is 9.84 Å². The topological polar surface area (TPSA) is 60.5 Å². The normalized spacial score (nSPS) is 24.6. The molecule has 2 aromatic rings. The van der Waals surface area contributed by atoms with Gasteiger partial charge in [-0.3, -0.25) is 0 Å². The quantitative estimate of drug-likeness (QED) is 0.233. The van der Waals surface area contributed by atoms with Crippen molar-refractivity contribution in [1.82, 2.24) is 5.09 Å². The largest absolute Gasteiger partial charge is 1.00 e. The molecule has 1 saturated heterocycles. The Labute approximate surface area is 265 Å². The molecule has 43 heavy (non-hydrogen) atoms. The zero-order chi connectivity index (χ0) is 29.9. The number of anilines is 1. The van der Waals surface area contributed by atoms with Gasteiger partial charge >= 0.3 is 0 Å². The van der Waals surface area contributed by atoms with Crippen LogP contribution < -0.4 is 22.4 Å². The zero-order valence-corrected chi connectivity index (χ0v) is 28.1. The van der Waals surface area contributed by atoms with E-state index < -0.39 is 8.53 Å². The van der Waals surface area contributed by atoms with Gasteiger partial charge in [-0.1, -0.05) is 69.7 Å². The number of fused-ring (bicyclic) bond motifs is 2. The van der Waals surface area contributed by atoms with Gasteiger partial charge in [0.2, 0.25) is 5.69 Å². The number of hydrogen-bond acceptors (Lipinski definition) is 5. The average Bonchev–Trinajstić information content (AvgIpc) is 3.33. The Hall–Kier alpha value is -2.52. The van der Waals surface area contributed by atoms with E-state index in [2.05, 4.69) is 122 Å². The minimum absolute atomic E-state index is 0. The molecule has 3 heterocycles. The number of allylic oxidation sites excluding steroid dienone is 4. The molecule has 0 spiro atoms. The second kappa shape index (κ2) is 14.1. The van der Waals surface area contributed by atoms with Crippen LogP contribution in [0.3, 0.4) is 0 Å². The van der Waals surface area contributed by atoms with Crippen LogP contribution in [0.2, 0.25) is 0 Å². The van der Waals surface area contributed by atoms with Crippen molar-refractivity contribution in [2.24, 2.45) is 5.92 Å². The Morgan fingerprint density at radius 1 is 1.09 bits per heavy atom. The van der Waals surface area contributed by atoms with E-state index in [0.29, 0.717) is 13.2 Å². The van der Waals surface area contributed by atoms with Crippen LogP contribution in [0.15, 0.2) is 72.5 Å². The maximum Gasteiger partial charge on any atom is 0.256 e. The van der Waals surface area contributed by atoms with Crippen molar-refractivity contribution in [2.75, 3.05) is 31.2 Å². The molecular formula is C35H46ClN4O2P. The first kappa shape index (κ1) is 33.4. The molecule has 0 aliphatic carbocycles. The molecule has 3 unspecified atom stereocenters. The van der Waals surface area contributed by atoms with E-state index in [1.165, 1.54) is 46.8 Å². The van der Waals surface area contributed by atoms with Crippen LogP contribution in [-0.2, 0) is 19.9 Å². The molecule has 5 rings (SSSR count). The van der Waals surface area contributed by atoms with E-state index in [1.807, 2.05) is 6.92 Å². The maximum atomic E-state index is 9.24. The third-order valence-electron chi connectivity index (χ3n) is 9.03. The first-order chi connectivity index (χ1) is 20.2. The van der Waals surface area contributed by atoms with Crippen LogP contribution in [0.4, 0.5) is 11.4 Å². The van der Waals surface area contributed by atoms with Gasteiger partial charge in [0.15, 0.2) is 12.3 Å². The number of benzene rings is 2. The molecule has 0 saturated carbocycles. The summed E-state index contributed by atoms with van der Waals surface area (Å²) in [5, 5.41) is 12.6. The summed E-state index contributed by atoms with van der Waals surface area (Å²) in [7, 11) is -1.16. The van der Waals surface area contributed by atoms with E-state index in [4.69, 9.17) is 9.05 Å². The summed E-state index contributed by atoms with van der Waals surface area (Å²) >= 11 is 0. The Morgan fingerprint density at radius 3 is 2.53 bits per heavy atom. The summed E-state index contributed by atoms with van der Waals surface area (Å²) in [6.45, 7) is 16.6. The number of halogens is 1. The van der Waals surface area contributed by atoms with Crippen LogP contribution >= 0.6 is 8.53 Å². The van der Waals surface area contributed by atoms with Crippen LogP contribution in [-0.4, -0.2) is 42.6 Å². The molecule has 2 aromatic carbocycles. The van der Waals surface area contributed by atoms with Crippen molar-refractivity contribution in [2.45, 2.75) is 77.7 Å². The molecule has 3 aliphatic rings.